The molecular formula is C23H18F4N2O3S2. The van der Waals surface area contributed by atoms with E-state index in [1.54, 1.807) is 6.92 Å². The average molecular weight is 511 g/mol. The van der Waals surface area contributed by atoms with Crippen molar-refractivity contribution in [1.29, 1.82) is 0 Å². The Labute approximate surface area is 199 Å². The highest BCUT2D eigenvalue weighted by Gasteiger charge is 2.34. The fourth-order valence-corrected chi connectivity index (χ4v) is 5.63. The number of aryl methyl sites for hydroxylation is 3. The van der Waals surface area contributed by atoms with Gasteiger partial charge in [-0.2, -0.15) is 13.2 Å². The van der Waals surface area contributed by atoms with Gasteiger partial charge in [0, 0.05) is 22.6 Å². The van der Waals surface area contributed by atoms with Gasteiger partial charge in [-0.15, -0.1) is 23.1 Å². The highest BCUT2D eigenvalue weighted by atomic mass is 32.2. The molecule has 0 unspecified atom stereocenters. The lowest BCUT2D eigenvalue weighted by molar-refractivity contribution is -0.140. The van der Waals surface area contributed by atoms with E-state index in [1.807, 2.05) is 19.1 Å². The smallest absolute Gasteiger partial charge is 0.419 e. The molecule has 2 aromatic carbocycles. The van der Waals surface area contributed by atoms with Crippen LogP contribution in [0.25, 0.3) is 21.7 Å². The van der Waals surface area contributed by atoms with Crippen LogP contribution in [0, 0.1) is 19.7 Å². The summed E-state index contributed by atoms with van der Waals surface area (Å²) >= 11 is 2.77. The maximum absolute atomic E-state index is 14.0. The minimum absolute atomic E-state index is 0.0817. The first-order valence-corrected chi connectivity index (χ1v) is 11.9. The summed E-state index contributed by atoms with van der Waals surface area (Å²) in [4.78, 5) is 21.4. The first-order valence-electron chi connectivity index (χ1n) is 10.1. The number of rotatable bonds is 7. The normalized spacial score (nSPS) is 11.9. The maximum atomic E-state index is 14.0. The Balaban J connectivity index is 1.56. The van der Waals surface area contributed by atoms with E-state index in [1.165, 1.54) is 29.2 Å². The van der Waals surface area contributed by atoms with Gasteiger partial charge in [0.2, 0.25) is 0 Å². The summed E-state index contributed by atoms with van der Waals surface area (Å²) < 4.78 is 58.3. The van der Waals surface area contributed by atoms with E-state index in [4.69, 9.17) is 9.52 Å². The molecule has 0 amide bonds. The van der Waals surface area contributed by atoms with Crippen LogP contribution in [-0.4, -0.2) is 21.0 Å². The minimum atomic E-state index is -4.75. The topological polar surface area (TPSA) is 76.2 Å². The number of carboxylic acids is 1. The number of carbonyl (C=O) groups is 1. The van der Waals surface area contributed by atoms with Gasteiger partial charge in [-0.05, 0) is 43.7 Å². The Bertz CT molecular complexity index is 1380. The van der Waals surface area contributed by atoms with Crippen LogP contribution in [0.3, 0.4) is 0 Å². The highest BCUT2D eigenvalue weighted by Crippen LogP contribution is 2.38. The predicted octanol–water partition coefficient (Wildman–Crippen LogP) is 7.04. The van der Waals surface area contributed by atoms with Crippen molar-refractivity contribution in [3.63, 3.8) is 0 Å². The predicted molar refractivity (Wildman–Crippen MR) is 122 cm³/mol. The third-order valence-electron chi connectivity index (χ3n) is 4.97. The first-order chi connectivity index (χ1) is 16.0. The second-order valence-electron chi connectivity index (χ2n) is 7.62. The summed E-state index contributed by atoms with van der Waals surface area (Å²) in [6.45, 7) is 3.71. The molecular weight excluding hydrogens is 492 g/mol. The molecule has 5 nitrogen and oxygen atoms in total. The first kappa shape index (κ1) is 24.2. The van der Waals surface area contributed by atoms with E-state index in [0.717, 1.165) is 27.5 Å². The lowest BCUT2D eigenvalue weighted by Gasteiger charge is -2.08. The van der Waals surface area contributed by atoms with Crippen LogP contribution in [0.15, 0.2) is 39.6 Å². The van der Waals surface area contributed by atoms with Gasteiger partial charge in [0.25, 0.3) is 0 Å². The van der Waals surface area contributed by atoms with Gasteiger partial charge in [-0.25, -0.2) is 14.4 Å². The summed E-state index contributed by atoms with van der Waals surface area (Å²) in [5.41, 5.74) is 1.86. The van der Waals surface area contributed by atoms with E-state index < -0.39 is 23.5 Å². The summed E-state index contributed by atoms with van der Waals surface area (Å²) in [5.74, 6) is -1.40. The second kappa shape index (κ2) is 9.38. The van der Waals surface area contributed by atoms with Crippen molar-refractivity contribution in [2.75, 3.05) is 0 Å². The summed E-state index contributed by atoms with van der Waals surface area (Å²) in [7, 11) is 0. The molecule has 0 spiro atoms. The molecule has 0 atom stereocenters. The largest absolute Gasteiger partial charge is 0.481 e. The standard InChI is InChI=1S/C23H18F4N2O3S2/c1-11-7-16-21(32-19(29-16)5-6-20(30)31)17(8-11)33-10-18-12(2)28-22(34-18)13-3-4-14(15(24)9-13)23(25,26)27/h3-4,7-9H,5-6,10H2,1-2H3,(H,30,31). The molecule has 0 aliphatic rings. The van der Waals surface area contributed by atoms with Crippen LogP contribution in [-0.2, 0) is 23.1 Å². The van der Waals surface area contributed by atoms with Crippen molar-refractivity contribution in [3.05, 3.63) is 63.7 Å². The van der Waals surface area contributed by atoms with Crippen LogP contribution < -0.4 is 0 Å². The SMILES string of the molecule is Cc1cc(SCc2sc(-c3ccc(C(F)(F)F)c(F)c3)nc2C)c2oc(CCC(=O)O)nc2c1. The van der Waals surface area contributed by atoms with Gasteiger partial charge in [0.1, 0.15) is 16.3 Å². The molecule has 0 aliphatic carbocycles. The fourth-order valence-electron chi connectivity index (χ4n) is 3.32. The Morgan fingerprint density at radius 1 is 1.18 bits per heavy atom. The van der Waals surface area contributed by atoms with Crippen LogP contribution in [0.5, 0.6) is 0 Å². The zero-order valence-electron chi connectivity index (χ0n) is 18.0. The zero-order chi connectivity index (χ0) is 24.6. The number of carboxylic acid groups (broad SMARTS) is 1. The lowest BCUT2D eigenvalue weighted by Crippen LogP contribution is -2.07. The molecule has 0 saturated heterocycles. The maximum Gasteiger partial charge on any atom is 0.419 e. The number of oxazole rings is 1. The Kier molecular flexibility index (Phi) is 6.68. The van der Waals surface area contributed by atoms with Crippen molar-refractivity contribution in [2.45, 2.75) is 43.5 Å². The molecule has 4 rings (SSSR count). The Morgan fingerprint density at radius 3 is 2.62 bits per heavy atom. The molecule has 1 N–H and O–H groups in total. The number of hydrogen-bond acceptors (Lipinski definition) is 6. The van der Waals surface area contributed by atoms with Gasteiger partial charge < -0.3 is 9.52 Å². The Morgan fingerprint density at radius 2 is 1.94 bits per heavy atom. The molecule has 178 valence electrons. The fraction of sp³-hybridized carbons (Fsp3) is 0.261. The number of alkyl halides is 3. The van der Waals surface area contributed by atoms with Gasteiger partial charge in [-0.3, -0.25) is 4.79 Å². The number of thiazole rings is 1. The number of benzene rings is 2. The second-order valence-corrected chi connectivity index (χ2v) is 9.72. The number of thioether (sulfide) groups is 1. The number of nitrogens with zero attached hydrogens (tertiary/aromatic N) is 2. The van der Waals surface area contributed by atoms with Crippen LogP contribution in [0.4, 0.5) is 17.6 Å². The Hall–Kier alpha value is -2.92. The monoisotopic (exact) mass is 510 g/mol. The molecule has 11 heteroatoms. The molecule has 0 aliphatic heterocycles. The van der Waals surface area contributed by atoms with Crippen LogP contribution >= 0.6 is 23.1 Å². The van der Waals surface area contributed by atoms with E-state index in [0.29, 0.717) is 33.4 Å². The van der Waals surface area contributed by atoms with Crippen molar-refractivity contribution >= 4 is 40.2 Å². The molecule has 0 radical (unpaired) electrons. The van der Waals surface area contributed by atoms with Crippen LogP contribution in [0.1, 0.15) is 34.0 Å². The molecule has 0 fully saturated rings. The van der Waals surface area contributed by atoms with Crippen molar-refractivity contribution in [1.82, 2.24) is 9.97 Å². The quantitative estimate of drug-likeness (QED) is 0.212. The van der Waals surface area contributed by atoms with E-state index in [9.17, 15) is 22.4 Å². The van der Waals surface area contributed by atoms with Crippen LogP contribution in [0.2, 0.25) is 0 Å². The number of hydrogen-bond donors (Lipinski definition) is 1. The summed E-state index contributed by atoms with van der Waals surface area (Å²) in [6, 6.07) is 6.61. The van der Waals surface area contributed by atoms with E-state index >= 15 is 0 Å². The van der Waals surface area contributed by atoms with Crippen molar-refractivity contribution in [3.8, 4) is 10.6 Å². The number of aliphatic carboxylic acids is 1. The van der Waals surface area contributed by atoms with E-state index in [2.05, 4.69) is 9.97 Å². The van der Waals surface area contributed by atoms with Crippen molar-refractivity contribution in [2.24, 2.45) is 0 Å². The lowest BCUT2D eigenvalue weighted by atomic mass is 10.1. The number of fused-ring (bicyclic) bond motifs is 1. The molecule has 2 aromatic heterocycles. The van der Waals surface area contributed by atoms with E-state index in [-0.39, 0.29) is 18.4 Å². The van der Waals surface area contributed by atoms with Crippen molar-refractivity contribution < 1.29 is 31.9 Å². The highest BCUT2D eigenvalue weighted by molar-refractivity contribution is 7.98. The molecule has 0 bridgehead atoms. The summed E-state index contributed by atoms with van der Waals surface area (Å²) in [6.07, 6.45) is -4.65. The average Bonchev–Trinajstić information content (AvgIpc) is 3.32. The zero-order valence-corrected chi connectivity index (χ0v) is 19.6. The third-order valence-corrected chi connectivity index (χ3v) is 7.41. The minimum Gasteiger partial charge on any atom is -0.481 e. The summed E-state index contributed by atoms with van der Waals surface area (Å²) in [5, 5.41) is 9.32. The molecule has 34 heavy (non-hydrogen) atoms. The molecule has 0 saturated carbocycles. The van der Waals surface area contributed by atoms with Gasteiger partial charge >= 0.3 is 12.1 Å². The molecule has 2 heterocycles. The molecule has 4 aromatic rings. The number of aromatic nitrogens is 2. The van der Waals surface area contributed by atoms with Gasteiger partial charge in [0.05, 0.1) is 22.6 Å². The number of halogens is 4. The van der Waals surface area contributed by atoms with Gasteiger partial charge in [0.15, 0.2) is 11.5 Å². The van der Waals surface area contributed by atoms with Gasteiger partial charge in [-0.1, -0.05) is 6.07 Å². The third kappa shape index (κ3) is 5.25.